The van der Waals surface area contributed by atoms with Gasteiger partial charge in [0.1, 0.15) is 12.4 Å². The van der Waals surface area contributed by atoms with Gasteiger partial charge in [0.2, 0.25) is 0 Å². The van der Waals surface area contributed by atoms with Crippen LogP contribution >= 0.6 is 22.9 Å². The number of ether oxygens (including phenoxy) is 1. The largest absolute Gasteiger partial charge is 0.489 e. The van der Waals surface area contributed by atoms with Crippen molar-refractivity contribution in [3.05, 3.63) is 56.5 Å². The van der Waals surface area contributed by atoms with Gasteiger partial charge in [-0.15, -0.1) is 11.3 Å². The van der Waals surface area contributed by atoms with E-state index >= 15 is 0 Å². The Balaban J connectivity index is 1.82. The molecular formula is C21H22ClNO3S. The Kier molecular flexibility index (Phi) is 6.02. The summed E-state index contributed by atoms with van der Waals surface area (Å²) in [7, 11) is 0. The van der Waals surface area contributed by atoms with E-state index in [-0.39, 0.29) is 6.42 Å². The van der Waals surface area contributed by atoms with E-state index in [4.69, 9.17) is 26.4 Å². The topological polar surface area (TPSA) is 59.4 Å². The fraction of sp³-hybridized carbons (Fsp3) is 0.333. The summed E-state index contributed by atoms with van der Waals surface area (Å²) in [4.78, 5) is 15.5. The third-order valence-electron chi connectivity index (χ3n) is 4.73. The van der Waals surface area contributed by atoms with E-state index in [2.05, 4.69) is 6.92 Å². The molecule has 3 aromatic rings. The number of nitrogens with zero attached hydrogens (tertiary/aromatic N) is 1. The van der Waals surface area contributed by atoms with Gasteiger partial charge in [-0.1, -0.05) is 24.6 Å². The third-order valence-corrected chi connectivity index (χ3v) is 6.09. The molecule has 0 bridgehead atoms. The van der Waals surface area contributed by atoms with Crippen molar-refractivity contribution >= 4 is 39.1 Å². The maximum Gasteiger partial charge on any atom is 0.303 e. The van der Waals surface area contributed by atoms with Crippen molar-refractivity contribution in [2.45, 2.75) is 46.6 Å². The molecule has 2 aromatic carbocycles. The van der Waals surface area contributed by atoms with Crippen LogP contribution in [0.1, 0.15) is 40.6 Å². The summed E-state index contributed by atoms with van der Waals surface area (Å²) >= 11 is 7.93. The quantitative estimate of drug-likeness (QED) is 0.547. The van der Waals surface area contributed by atoms with Gasteiger partial charge in [0.25, 0.3) is 0 Å². The van der Waals surface area contributed by atoms with Crippen LogP contribution < -0.4 is 4.74 Å². The van der Waals surface area contributed by atoms with Gasteiger partial charge in [0.15, 0.2) is 0 Å². The Morgan fingerprint density at radius 1 is 1.22 bits per heavy atom. The average molecular weight is 404 g/mol. The lowest BCUT2D eigenvalue weighted by Crippen LogP contribution is -2.03. The molecule has 27 heavy (non-hydrogen) atoms. The summed E-state index contributed by atoms with van der Waals surface area (Å²) in [5.74, 6) is 0.0118. The first-order valence-corrected chi connectivity index (χ1v) is 10.1. The number of fused-ring (bicyclic) bond motifs is 1. The van der Waals surface area contributed by atoms with E-state index in [0.29, 0.717) is 18.1 Å². The van der Waals surface area contributed by atoms with Crippen molar-refractivity contribution in [2.24, 2.45) is 0 Å². The summed E-state index contributed by atoms with van der Waals surface area (Å²) in [5.41, 5.74) is 5.07. The number of carboxylic acid groups (broad SMARTS) is 1. The molecule has 142 valence electrons. The van der Waals surface area contributed by atoms with Crippen molar-refractivity contribution in [2.75, 3.05) is 0 Å². The third kappa shape index (κ3) is 4.42. The zero-order valence-electron chi connectivity index (χ0n) is 15.6. The van der Waals surface area contributed by atoms with Gasteiger partial charge in [-0.05, 0) is 61.6 Å². The van der Waals surface area contributed by atoms with E-state index in [9.17, 15) is 4.79 Å². The molecule has 1 heterocycles. The number of hydrogen-bond acceptors (Lipinski definition) is 4. The van der Waals surface area contributed by atoms with E-state index in [1.54, 1.807) is 11.3 Å². The maximum atomic E-state index is 10.8. The second-order valence-corrected chi connectivity index (χ2v) is 8.08. The number of aliphatic carboxylic acids is 1. The highest BCUT2D eigenvalue weighted by atomic mass is 35.5. The van der Waals surface area contributed by atoms with Crippen LogP contribution in [0.2, 0.25) is 5.02 Å². The molecule has 0 fully saturated rings. The zero-order valence-corrected chi connectivity index (χ0v) is 17.2. The number of halogens is 1. The molecule has 1 aromatic heterocycles. The van der Waals surface area contributed by atoms with Crippen LogP contribution in [0.5, 0.6) is 5.75 Å². The number of benzene rings is 2. The molecule has 0 amide bonds. The van der Waals surface area contributed by atoms with Gasteiger partial charge >= 0.3 is 5.97 Å². The van der Waals surface area contributed by atoms with Crippen LogP contribution in [0, 0.1) is 13.8 Å². The Hall–Kier alpha value is -2.11. The molecular weight excluding hydrogens is 382 g/mol. The fourth-order valence-corrected chi connectivity index (χ4v) is 4.34. The molecule has 0 aliphatic carbocycles. The molecule has 0 unspecified atom stereocenters. The molecule has 1 N–H and O–H groups in total. The van der Waals surface area contributed by atoms with Crippen molar-refractivity contribution in [3.8, 4) is 5.75 Å². The summed E-state index contributed by atoms with van der Waals surface area (Å²) in [6, 6.07) is 7.72. The number of carbonyl (C=O) groups is 1. The van der Waals surface area contributed by atoms with E-state index < -0.39 is 5.97 Å². The van der Waals surface area contributed by atoms with Gasteiger partial charge in [0.05, 0.1) is 15.2 Å². The first kappa shape index (κ1) is 19.6. The van der Waals surface area contributed by atoms with Gasteiger partial charge in [-0.2, -0.15) is 0 Å². The number of thiazole rings is 1. The second kappa shape index (κ2) is 8.28. The van der Waals surface area contributed by atoms with Crippen LogP contribution in [0.3, 0.4) is 0 Å². The summed E-state index contributed by atoms with van der Waals surface area (Å²) in [6.45, 7) is 6.48. The lowest BCUT2D eigenvalue weighted by Gasteiger charge is -2.14. The van der Waals surface area contributed by atoms with Gasteiger partial charge in [-0.3, -0.25) is 4.79 Å². The molecule has 6 heteroatoms. The van der Waals surface area contributed by atoms with Crippen molar-refractivity contribution in [3.63, 3.8) is 0 Å². The lowest BCUT2D eigenvalue weighted by atomic mass is 9.99. The smallest absolute Gasteiger partial charge is 0.303 e. The molecule has 0 saturated heterocycles. The Morgan fingerprint density at radius 3 is 2.70 bits per heavy atom. The van der Waals surface area contributed by atoms with E-state index in [0.717, 1.165) is 49.6 Å². The Bertz CT molecular complexity index is 997. The Labute approximate surface area is 167 Å². The van der Waals surface area contributed by atoms with Crippen LogP contribution in [0.4, 0.5) is 0 Å². The minimum atomic E-state index is -0.785. The molecule has 4 nitrogen and oxygen atoms in total. The van der Waals surface area contributed by atoms with Crippen LogP contribution in [0.15, 0.2) is 24.3 Å². The van der Waals surface area contributed by atoms with Crippen LogP contribution in [-0.4, -0.2) is 16.1 Å². The minimum Gasteiger partial charge on any atom is -0.489 e. The number of aryl methyl sites for hydroxylation is 2. The highest BCUT2D eigenvalue weighted by Gasteiger charge is 2.12. The van der Waals surface area contributed by atoms with Crippen LogP contribution in [-0.2, 0) is 24.2 Å². The summed E-state index contributed by atoms with van der Waals surface area (Å²) < 4.78 is 7.16. The first-order valence-electron chi connectivity index (χ1n) is 8.90. The Morgan fingerprint density at radius 2 is 2.00 bits per heavy atom. The molecule has 0 saturated carbocycles. The van der Waals surface area contributed by atoms with Gasteiger partial charge in [0, 0.05) is 17.0 Å². The van der Waals surface area contributed by atoms with Crippen LogP contribution in [0.25, 0.3) is 10.2 Å². The summed E-state index contributed by atoms with van der Waals surface area (Å²) in [5, 5.41) is 10.7. The molecule has 0 aliphatic heterocycles. The summed E-state index contributed by atoms with van der Waals surface area (Å²) in [6.07, 6.45) is 1.55. The van der Waals surface area contributed by atoms with Crippen molar-refractivity contribution in [1.82, 2.24) is 4.98 Å². The highest BCUT2D eigenvalue weighted by molar-refractivity contribution is 7.18. The normalized spacial score (nSPS) is 11.1. The lowest BCUT2D eigenvalue weighted by molar-refractivity contribution is -0.136. The standard InChI is InChI=1S/C21H22ClNO3S/c1-4-19-23-21-15(9-16(22)10-18(21)27-19)11-26-17-7-5-14(6-8-20(24)25)12(2)13(17)3/h5,7,9-10H,4,6,8,11H2,1-3H3,(H,24,25). The molecule has 0 radical (unpaired) electrons. The van der Waals surface area contributed by atoms with Gasteiger partial charge in [-0.25, -0.2) is 4.98 Å². The SMILES string of the molecule is CCc1nc2c(COc3ccc(CCC(=O)O)c(C)c3C)cc(Cl)cc2s1. The molecule has 0 spiro atoms. The van der Waals surface area contributed by atoms with Crippen molar-refractivity contribution in [1.29, 1.82) is 0 Å². The number of rotatable bonds is 7. The van der Waals surface area contributed by atoms with E-state index in [1.165, 1.54) is 0 Å². The number of aromatic nitrogens is 1. The highest BCUT2D eigenvalue weighted by Crippen LogP contribution is 2.31. The predicted molar refractivity (Wildman–Crippen MR) is 110 cm³/mol. The zero-order chi connectivity index (χ0) is 19.6. The first-order chi connectivity index (χ1) is 12.9. The van der Waals surface area contributed by atoms with E-state index in [1.807, 2.05) is 38.1 Å². The maximum absolute atomic E-state index is 10.8. The molecule has 0 aliphatic rings. The predicted octanol–water partition coefficient (Wildman–Crippen LogP) is 5.73. The number of hydrogen-bond donors (Lipinski definition) is 1. The molecule has 0 atom stereocenters. The minimum absolute atomic E-state index is 0.130. The van der Waals surface area contributed by atoms with Gasteiger partial charge < -0.3 is 9.84 Å². The number of carboxylic acids is 1. The average Bonchev–Trinajstić information content (AvgIpc) is 3.04. The van der Waals surface area contributed by atoms with Crippen molar-refractivity contribution < 1.29 is 14.6 Å². The monoisotopic (exact) mass is 403 g/mol. The molecule has 3 rings (SSSR count). The second-order valence-electron chi connectivity index (χ2n) is 6.53. The fourth-order valence-electron chi connectivity index (χ4n) is 3.04.